The van der Waals surface area contributed by atoms with E-state index in [0.717, 1.165) is 5.70 Å². The van der Waals surface area contributed by atoms with Gasteiger partial charge in [-0.2, -0.15) is 0 Å². The van der Waals surface area contributed by atoms with E-state index in [2.05, 4.69) is 11.3 Å². The molecule has 0 aliphatic rings. The molecule has 0 aromatic carbocycles. The molecule has 46 valence electrons. The Labute approximate surface area is 55.0 Å². The highest BCUT2D eigenvalue weighted by Gasteiger charge is 1.75. The zero-order valence-corrected chi connectivity index (χ0v) is 6.09. The minimum Gasteiger partial charge on any atom is -0.331 e. The number of hydrogen-bond donors (Lipinski definition) is 1. The van der Waals surface area contributed by atoms with E-state index < -0.39 is 0 Å². The van der Waals surface area contributed by atoms with Crippen molar-refractivity contribution < 1.29 is 0 Å². The Morgan fingerprint density at radius 1 is 1.75 bits per heavy atom. The SMILES string of the molecule is C=C(C)NS/C=C/C. The van der Waals surface area contributed by atoms with Gasteiger partial charge in [-0.25, -0.2) is 0 Å². The summed E-state index contributed by atoms with van der Waals surface area (Å²) >= 11 is 1.53. The van der Waals surface area contributed by atoms with Crippen molar-refractivity contribution in [3.63, 3.8) is 0 Å². The summed E-state index contributed by atoms with van der Waals surface area (Å²) in [6.45, 7) is 7.57. The molecule has 0 aliphatic carbocycles. The van der Waals surface area contributed by atoms with Crippen LogP contribution in [0.4, 0.5) is 0 Å². The summed E-state index contributed by atoms with van der Waals surface area (Å²) in [4.78, 5) is 0. The molecule has 0 saturated carbocycles. The highest BCUT2D eigenvalue weighted by molar-refractivity contribution is 8.00. The van der Waals surface area contributed by atoms with E-state index in [1.807, 2.05) is 25.3 Å². The Morgan fingerprint density at radius 3 is 2.75 bits per heavy atom. The highest BCUT2D eigenvalue weighted by atomic mass is 32.2. The summed E-state index contributed by atoms with van der Waals surface area (Å²) in [5.74, 6) is 0. The van der Waals surface area contributed by atoms with Crippen LogP contribution in [0.25, 0.3) is 0 Å². The molecule has 0 atom stereocenters. The number of nitrogens with one attached hydrogen (secondary N) is 1. The average Bonchev–Trinajstić information content (AvgIpc) is 1.66. The van der Waals surface area contributed by atoms with Crippen LogP contribution in [0, 0.1) is 0 Å². The normalized spacial score (nSPS) is 9.75. The molecule has 1 N–H and O–H groups in total. The molecule has 0 fully saturated rings. The average molecular weight is 129 g/mol. The van der Waals surface area contributed by atoms with Crippen LogP contribution in [0.1, 0.15) is 13.8 Å². The van der Waals surface area contributed by atoms with Crippen molar-refractivity contribution in [2.45, 2.75) is 13.8 Å². The lowest BCUT2D eigenvalue weighted by atomic mass is 10.6. The van der Waals surface area contributed by atoms with E-state index in [1.54, 1.807) is 0 Å². The summed E-state index contributed by atoms with van der Waals surface area (Å²) in [6, 6.07) is 0. The van der Waals surface area contributed by atoms with Crippen LogP contribution in [-0.2, 0) is 0 Å². The van der Waals surface area contributed by atoms with E-state index in [-0.39, 0.29) is 0 Å². The first-order valence-electron chi connectivity index (χ1n) is 2.45. The Kier molecular flexibility index (Phi) is 4.56. The molecule has 0 radical (unpaired) electrons. The Morgan fingerprint density at radius 2 is 2.38 bits per heavy atom. The Bertz CT molecular complexity index is 96.7. The second kappa shape index (κ2) is 4.78. The third kappa shape index (κ3) is 5.63. The van der Waals surface area contributed by atoms with Gasteiger partial charge < -0.3 is 4.72 Å². The van der Waals surface area contributed by atoms with Crippen LogP contribution in [0.15, 0.2) is 23.8 Å². The maximum absolute atomic E-state index is 3.66. The van der Waals surface area contributed by atoms with E-state index in [4.69, 9.17) is 0 Å². The van der Waals surface area contributed by atoms with Gasteiger partial charge in [0.1, 0.15) is 0 Å². The van der Waals surface area contributed by atoms with Gasteiger partial charge in [0.25, 0.3) is 0 Å². The van der Waals surface area contributed by atoms with Gasteiger partial charge in [0, 0.05) is 5.70 Å². The molecule has 0 spiro atoms. The summed E-state index contributed by atoms with van der Waals surface area (Å²) < 4.78 is 2.98. The largest absolute Gasteiger partial charge is 0.331 e. The van der Waals surface area contributed by atoms with Crippen LogP contribution in [0.3, 0.4) is 0 Å². The predicted octanol–water partition coefficient (Wildman–Crippen LogP) is 2.29. The van der Waals surface area contributed by atoms with Crippen molar-refractivity contribution in [1.29, 1.82) is 0 Å². The van der Waals surface area contributed by atoms with Crippen molar-refractivity contribution in [1.82, 2.24) is 4.72 Å². The maximum Gasteiger partial charge on any atom is 0.0111 e. The van der Waals surface area contributed by atoms with Gasteiger partial charge in [-0.15, -0.1) is 0 Å². The quantitative estimate of drug-likeness (QED) is 0.587. The lowest BCUT2D eigenvalue weighted by molar-refractivity contribution is 1.23. The number of hydrogen-bond acceptors (Lipinski definition) is 2. The molecule has 2 heteroatoms. The minimum atomic E-state index is 0.980. The lowest BCUT2D eigenvalue weighted by Crippen LogP contribution is -1.93. The second-order valence-corrected chi connectivity index (χ2v) is 2.18. The lowest BCUT2D eigenvalue weighted by Gasteiger charge is -1.95. The zero-order valence-electron chi connectivity index (χ0n) is 5.27. The van der Waals surface area contributed by atoms with Gasteiger partial charge in [-0.1, -0.05) is 12.7 Å². The molecule has 0 aromatic heterocycles. The molecule has 0 unspecified atom stereocenters. The van der Waals surface area contributed by atoms with Gasteiger partial charge in [-0.05, 0) is 31.2 Å². The summed E-state index contributed by atoms with van der Waals surface area (Å²) in [6.07, 6.45) is 1.97. The molecule has 0 bridgehead atoms. The fourth-order valence-electron chi connectivity index (χ4n) is 0.203. The first-order chi connectivity index (χ1) is 3.77. The van der Waals surface area contributed by atoms with E-state index in [0.29, 0.717) is 0 Å². The first kappa shape index (κ1) is 7.63. The van der Waals surface area contributed by atoms with Crippen molar-refractivity contribution in [2.24, 2.45) is 0 Å². The fraction of sp³-hybridized carbons (Fsp3) is 0.333. The summed E-state index contributed by atoms with van der Waals surface area (Å²) in [7, 11) is 0. The van der Waals surface area contributed by atoms with Gasteiger partial charge >= 0.3 is 0 Å². The predicted molar refractivity (Wildman–Crippen MR) is 40.4 cm³/mol. The van der Waals surface area contributed by atoms with E-state index in [9.17, 15) is 0 Å². The molecule has 0 amide bonds. The molecular weight excluding hydrogens is 118 g/mol. The van der Waals surface area contributed by atoms with Gasteiger partial charge in [0.05, 0.1) is 0 Å². The van der Waals surface area contributed by atoms with Gasteiger partial charge in [0.2, 0.25) is 0 Å². The van der Waals surface area contributed by atoms with Crippen LogP contribution in [-0.4, -0.2) is 0 Å². The van der Waals surface area contributed by atoms with Crippen molar-refractivity contribution in [3.05, 3.63) is 23.8 Å². The Balaban J connectivity index is 3.05. The first-order valence-corrected chi connectivity index (χ1v) is 3.33. The smallest absolute Gasteiger partial charge is 0.0111 e. The van der Waals surface area contributed by atoms with Gasteiger partial charge in [-0.3, -0.25) is 0 Å². The third-order valence-corrected chi connectivity index (χ3v) is 1.31. The number of allylic oxidation sites excluding steroid dienone is 2. The van der Waals surface area contributed by atoms with Crippen LogP contribution >= 0.6 is 11.9 Å². The molecule has 0 heterocycles. The molecule has 1 nitrogen and oxygen atoms in total. The highest BCUT2D eigenvalue weighted by Crippen LogP contribution is 1.97. The van der Waals surface area contributed by atoms with Crippen molar-refractivity contribution >= 4 is 11.9 Å². The second-order valence-electron chi connectivity index (χ2n) is 1.47. The van der Waals surface area contributed by atoms with E-state index >= 15 is 0 Å². The third-order valence-electron chi connectivity index (χ3n) is 0.437. The van der Waals surface area contributed by atoms with Crippen LogP contribution < -0.4 is 4.72 Å². The maximum atomic E-state index is 3.66. The van der Waals surface area contributed by atoms with Crippen molar-refractivity contribution in [3.8, 4) is 0 Å². The topological polar surface area (TPSA) is 12.0 Å². The van der Waals surface area contributed by atoms with Gasteiger partial charge in [0.15, 0.2) is 0 Å². The molecular formula is C6H11NS. The molecule has 0 saturated heterocycles. The van der Waals surface area contributed by atoms with Crippen LogP contribution in [0.2, 0.25) is 0 Å². The van der Waals surface area contributed by atoms with Crippen molar-refractivity contribution in [2.75, 3.05) is 0 Å². The standard InChI is InChI=1S/C6H11NS/c1-4-5-8-7-6(2)3/h4-5,7H,2H2,1,3H3/b5-4+. The monoisotopic (exact) mass is 129 g/mol. The Hall–Kier alpha value is -0.370. The zero-order chi connectivity index (χ0) is 6.41. The summed E-state index contributed by atoms with van der Waals surface area (Å²) in [5, 5.41) is 1.97. The minimum absolute atomic E-state index is 0.980. The fourth-order valence-corrected chi connectivity index (χ4v) is 0.608. The molecule has 8 heavy (non-hydrogen) atoms. The molecule has 0 aromatic rings. The molecule has 0 rings (SSSR count). The number of rotatable bonds is 3. The molecule has 0 aliphatic heterocycles. The van der Waals surface area contributed by atoms with Crippen LogP contribution in [0.5, 0.6) is 0 Å². The van der Waals surface area contributed by atoms with E-state index in [1.165, 1.54) is 11.9 Å². The summed E-state index contributed by atoms with van der Waals surface area (Å²) in [5.41, 5.74) is 0.980.